The second-order valence-electron chi connectivity index (χ2n) is 28.7. The Morgan fingerprint density at radius 3 is 2.27 bits per heavy atom. The summed E-state index contributed by atoms with van der Waals surface area (Å²) in [7, 11) is 0. The number of alkyl halides is 1. The van der Waals surface area contributed by atoms with Crippen molar-refractivity contribution in [2.24, 2.45) is 29.4 Å². The molecule has 4 aliphatic rings. The lowest BCUT2D eigenvalue weighted by atomic mass is 9.88. The first-order chi connectivity index (χ1) is 51.0. The molecule has 0 saturated carbocycles. The number of aliphatic hydroxyl groups is 1. The molecule has 28 nitrogen and oxygen atoms in total. The van der Waals surface area contributed by atoms with Crippen LogP contribution in [0.1, 0.15) is 133 Å². The number of fused-ring (bicyclic) bond motifs is 3. The molecule has 3 saturated heterocycles. The van der Waals surface area contributed by atoms with Crippen molar-refractivity contribution in [2.45, 2.75) is 149 Å². The quantitative estimate of drug-likeness (QED) is 0.0107. The number of para-hydroxylation sites is 1. The van der Waals surface area contributed by atoms with Crippen molar-refractivity contribution in [1.82, 2.24) is 56.3 Å². The third kappa shape index (κ3) is 21.5. The lowest BCUT2D eigenvalue weighted by Crippen LogP contribution is -2.61. The van der Waals surface area contributed by atoms with Gasteiger partial charge < -0.3 is 66.3 Å². The molecule has 0 spiro atoms. The summed E-state index contributed by atoms with van der Waals surface area (Å²) in [6, 6.07) is 22.1. The van der Waals surface area contributed by atoms with Crippen LogP contribution in [0.4, 0.5) is 26.8 Å². The first kappa shape index (κ1) is 79.7. The number of phenolic OH excluding ortho intramolecular Hbond substituents is 1. The number of unbranched alkanes of at least 4 members (excludes halogenated alkanes) is 2. The van der Waals surface area contributed by atoms with E-state index in [9.17, 15) is 48.6 Å². The van der Waals surface area contributed by atoms with E-state index in [1.165, 1.54) is 9.80 Å². The summed E-state index contributed by atoms with van der Waals surface area (Å²) in [6.45, 7) is 18.0. The van der Waals surface area contributed by atoms with Gasteiger partial charge in [0.15, 0.2) is 11.6 Å². The number of aryl methyl sites for hydroxylation is 1. The number of anilines is 3. The summed E-state index contributed by atoms with van der Waals surface area (Å²) in [5, 5.41) is 49.2. The number of piperazine rings is 1. The fourth-order valence-corrected chi connectivity index (χ4v) is 15.4. The monoisotopic (exact) mass is 1590 g/mol. The molecule has 106 heavy (non-hydrogen) atoms. The minimum absolute atomic E-state index is 0.0101. The summed E-state index contributed by atoms with van der Waals surface area (Å²) in [5.74, 6) is -2.21. The smallest absolute Gasteiger partial charge is 0.415 e. The number of urea groups is 1. The summed E-state index contributed by atoms with van der Waals surface area (Å²) < 4.78 is 18.3. The number of nitrogens with zero attached hydrogens (tertiary/aromatic N) is 9. The molecule has 4 aliphatic heterocycles. The zero-order chi connectivity index (χ0) is 75.6. The van der Waals surface area contributed by atoms with Crippen LogP contribution in [0.15, 0.2) is 95.0 Å². The Labute approximate surface area is 636 Å². The second-order valence-corrected chi connectivity index (χ2v) is 30.4. The Balaban J connectivity index is 0.698. The molecule has 30 heteroatoms. The average molecular weight is 1590 g/mol. The molecule has 9 N–H and O–H groups in total. The molecule has 6 aromatic rings. The highest BCUT2D eigenvalue weighted by Gasteiger charge is 2.45. The lowest BCUT2D eigenvalue weighted by Gasteiger charge is -2.48. The van der Waals surface area contributed by atoms with E-state index >= 15 is 0 Å². The van der Waals surface area contributed by atoms with Gasteiger partial charge in [-0.05, 0) is 135 Å². The first-order valence-electron chi connectivity index (χ1n) is 36.8. The molecule has 570 valence electrons. The number of nitrogens with two attached hydrogens (primary N) is 1. The number of hydrogen-bond acceptors (Lipinski definition) is 21. The number of β-amino-alcohol motifs (C(OH)–C–C–N with tert-alkyl or cyclic N) is 1. The molecule has 0 unspecified atom stereocenters. The summed E-state index contributed by atoms with van der Waals surface area (Å²) >= 11 is 3.58. The largest absolute Gasteiger partial charge is 0.507 e. The van der Waals surface area contributed by atoms with E-state index in [1.54, 1.807) is 59.9 Å². The molecular formula is C76H100IN15O13S. The number of halogens is 1. The molecule has 3 aromatic carbocycles. The number of nitrogens with one attached hydrogen (secondary N) is 5. The maximum absolute atomic E-state index is 14.4. The molecule has 7 atom stereocenters. The van der Waals surface area contributed by atoms with Crippen molar-refractivity contribution in [3.63, 3.8) is 0 Å². The number of carbonyl (C=O) groups excluding carboxylic acids is 8. The van der Waals surface area contributed by atoms with Crippen LogP contribution in [-0.2, 0) is 40.1 Å². The van der Waals surface area contributed by atoms with Gasteiger partial charge in [0.1, 0.15) is 42.7 Å². The van der Waals surface area contributed by atoms with Crippen LogP contribution in [0.5, 0.6) is 11.6 Å². The highest BCUT2D eigenvalue weighted by Crippen LogP contribution is 2.40. The van der Waals surface area contributed by atoms with Crippen LogP contribution in [0.3, 0.4) is 0 Å². The summed E-state index contributed by atoms with van der Waals surface area (Å²) in [5.41, 5.74) is 12.7. The van der Waals surface area contributed by atoms with Crippen LogP contribution in [-0.4, -0.2) is 200 Å². The highest BCUT2D eigenvalue weighted by molar-refractivity contribution is 14.1. The molecule has 0 bridgehead atoms. The topological polar surface area (TPSA) is 363 Å². The minimum atomic E-state index is -1.02. The molecule has 7 heterocycles. The number of aromatic hydroxyl groups is 1. The van der Waals surface area contributed by atoms with E-state index in [1.807, 2.05) is 106 Å². The van der Waals surface area contributed by atoms with Gasteiger partial charge in [-0.2, -0.15) is 0 Å². The van der Waals surface area contributed by atoms with Gasteiger partial charge in [-0.1, -0.05) is 105 Å². The van der Waals surface area contributed by atoms with Crippen molar-refractivity contribution in [2.75, 3.05) is 98.1 Å². The van der Waals surface area contributed by atoms with Gasteiger partial charge in [0.05, 0.1) is 56.6 Å². The van der Waals surface area contributed by atoms with E-state index in [4.69, 9.17) is 19.7 Å². The number of likely N-dealkylation sites (tertiary alicyclic amines) is 2. The van der Waals surface area contributed by atoms with E-state index in [-0.39, 0.29) is 105 Å². The van der Waals surface area contributed by atoms with Gasteiger partial charge in [0.25, 0.3) is 5.88 Å². The summed E-state index contributed by atoms with van der Waals surface area (Å²) in [4.78, 5) is 122. The number of primary amides is 1. The van der Waals surface area contributed by atoms with Gasteiger partial charge in [-0.25, -0.2) is 14.6 Å². The predicted octanol–water partition coefficient (Wildman–Crippen LogP) is 8.50. The number of amides is 8. The van der Waals surface area contributed by atoms with Crippen LogP contribution in [0.2, 0.25) is 0 Å². The maximum Gasteiger partial charge on any atom is 0.415 e. The van der Waals surface area contributed by atoms with E-state index in [0.29, 0.717) is 102 Å². The minimum Gasteiger partial charge on any atom is -0.507 e. The Hall–Kier alpha value is -8.85. The number of ketones is 1. The number of benzene rings is 3. The SMILES string of the molecule is Cc1ncsc1-c1ccc([C@H](C)NC(=O)[C@@H]2C[C@@H](O)CN2C(=O)[C@@H](c2cc(OCCN3CCC(CN4CCN5c6cc(-c7ccccc7O)nnc6N(C(=O)OCc6ccc(NC(=O)[C@H](CCCNC(N)=O)NC(=O)[C@@H](CC(=O)CCCCCNC(=O)CI)C(C)C)cc6)C[C@H]5C4)CC3)no2)C(C)C)cc1. The number of aromatic nitrogens is 4. The Kier molecular flexibility index (Phi) is 28.7. The molecule has 0 aliphatic carbocycles. The highest BCUT2D eigenvalue weighted by atomic mass is 127. The Morgan fingerprint density at radius 2 is 1.57 bits per heavy atom. The number of piperidine rings is 1. The number of ether oxygens (including phenoxy) is 2. The third-order valence-corrected chi connectivity index (χ3v) is 22.0. The van der Waals surface area contributed by atoms with Crippen molar-refractivity contribution in [1.29, 1.82) is 0 Å². The van der Waals surface area contributed by atoms with Gasteiger partial charge in [-0.3, -0.25) is 43.5 Å². The van der Waals surface area contributed by atoms with Crippen LogP contribution >= 0.6 is 33.9 Å². The number of Topliss-reactive ketones (excluding diaryl/α,β-unsaturated/α-hetero) is 1. The summed E-state index contributed by atoms with van der Waals surface area (Å²) in [6.07, 6.45) is 3.46. The zero-order valence-corrected chi connectivity index (χ0v) is 64.2. The van der Waals surface area contributed by atoms with Crippen molar-refractivity contribution >= 4 is 98.6 Å². The number of hydrogen-bond donors (Lipinski definition) is 8. The second kappa shape index (κ2) is 38.1. The maximum atomic E-state index is 14.4. The number of rotatable bonds is 34. The van der Waals surface area contributed by atoms with Crippen LogP contribution in [0, 0.1) is 30.6 Å². The number of phenols is 1. The standard InChI is InChI=1S/C76H100IN15O13S/c1-46(2)59(35-56(93)13-8-7-11-27-79-66(96)39-77)71(97)84-60(15-12-28-80-75(78)101)72(98)83-54-23-17-51(18-24-54)44-104-76(102)92-42-55-41-89(31-32-90(55)62-37-61(85-86-70(62)92)58-14-9-10-16-64(58)95)40-50-25-29-88(30-26-50)33-34-103-67-38-65(105-87-67)68(47(3)4)74(100)91-43-57(94)36-63(91)73(99)82-48(5)52-19-21-53(22-20-52)69-49(6)81-45-106-69/h9-10,14,16-24,37-38,45-48,50,55,57,59-60,63,68,94-95H,7-8,11-13,15,25-36,39-44H2,1-6H3,(H,79,96)(H,82,99)(H,83,98)(H,84,97)(H3,78,80,101)/t48-,55+,57+,59-,60-,63-,68+/m0/s1. The fraction of sp³-hybridized carbons (Fsp3) is 0.526. The molecule has 3 fully saturated rings. The first-order valence-corrected chi connectivity index (χ1v) is 39.2. The third-order valence-electron chi connectivity index (χ3n) is 20.3. The molecule has 10 rings (SSSR count). The van der Waals surface area contributed by atoms with E-state index in [0.717, 1.165) is 73.6 Å². The van der Waals surface area contributed by atoms with E-state index in [2.05, 4.69) is 61.6 Å². The Bertz CT molecular complexity index is 3980. The van der Waals surface area contributed by atoms with Gasteiger partial charge >= 0.3 is 12.1 Å². The predicted molar refractivity (Wildman–Crippen MR) is 410 cm³/mol. The number of thiazole rings is 1. The van der Waals surface area contributed by atoms with Gasteiger partial charge in [0, 0.05) is 94.9 Å². The van der Waals surface area contributed by atoms with Crippen molar-refractivity contribution in [3.8, 4) is 33.3 Å². The Morgan fingerprint density at radius 1 is 0.811 bits per heavy atom. The fourth-order valence-electron chi connectivity index (χ4n) is 14.3. The van der Waals surface area contributed by atoms with Crippen molar-refractivity contribution in [3.05, 3.63) is 113 Å². The molecule has 3 aromatic heterocycles. The van der Waals surface area contributed by atoms with Crippen LogP contribution < -0.4 is 46.9 Å². The van der Waals surface area contributed by atoms with E-state index < -0.39 is 54.0 Å². The van der Waals surface area contributed by atoms with Gasteiger partial charge in [-0.15, -0.1) is 21.5 Å². The number of carbonyl (C=O) groups is 8. The van der Waals surface area contributed by atoms with Gasteiger partial charge in [0.2, 0.25) is 29.5 Å². The van der Waals surface area contributed by atoms with Crippen molar-refractivity contribution < 1.29 is 62.6 Å². The molecule has 0 radical (unpaired) electrons. The zero-order valence-electron chi connectivity index (χ0n) is 61.2. The number of aliphatic hydroxyl groups excluding tert-OH is 1. The average Bonchev–Trinajstić information content (AvgIpc) is 1.07. The van der Waals surface area contributed by atoms with Crippen LogP contribution in [0.25, 0.3) is 21.7 Å². The lowest BCUT2D eigenvalue weighted by molar-refractivity contribution is -0.141. The normalized spacial score (nSPS) is 18.1. The molecular weight excluding hydrogens is 1490 g/mol. The molecule has 8 amide bonds.